The quantitative estimate of drug-likeness (QED) is 0.0444. The summed E-state index contributed by atoms with van der Waals surface area (Å²) in [5, 5.41) is 52.5. The number of aromatic nitrogens is 1. The predicted molar refractivity (Wildman–Crippen MR) is 391 cm³/mol. The van der Waals surface area contributed by atoms with Gasteiger partial charge in [0.1, 0.15) is 10.6 Å². The summed E-state index contributed by atoms with van der Waals surface area (Å²) in [7, 11) is 0. The standard InChI is InChI=1S/C26H29N5.C25H28N6S2.C25H28N4O/c1-2-3-6-21-7-9-22(10-8-21)27-28-23-11-13-24(14-12-23)29-30-25-15-17-26(18-16-25)31-19-4-5-20-31;1-4-7-8-22-17-23-24(32-22)26-25(33-23)30-29-19-11-9-18(10-12-19)27-28-20-13-15-21(16-14-20)31(5-2)6-3;1-3-5-6-20-7-9-21(10-8-20)26-27-22-11-13-23(14-12-22)28-29-24-15-17-25(18-16-24)30-19-4-2/h7-18H,2-6,19-20H2,1H3;9-17H,4-8H2,1-3H3;7-18H,3-6,19H2,1-2H3. The Morgan fingerprint density at radius 1 is 0.383 bits per heavy atom. The third kappa shape index (κ3) is 22.6. The maximum absolute atomic E-state index is 5.57. The summed E-state index contributed by atoms with van der Waals surface area (Å²) < 4.78 is 6.77. The number of anilines is 2. The van der Waals surface area contributed by atoms with Crippen LogP contribution in [0.1, 0.15) is 115 Å². The number of rotatable bonds is 28. The van der Waals surface area contributed by atoms with Crippen LogP contribution in [0.4, 0.5) is 79.1 Å². The Balaban J connectivity index is 0.000000166. The van der Waals surface area contributed by atoms with Crippen molar-refractivity contribution in [1.82, 2.24) is 4.98 Å². The predicted octanol–water partition coefficient (Wildman–Crippen LogP) is 26.5. The SMILES string of the molecule is CCCCc1cc2sc(N=Nc3ccc(N=Nc4ccc(N(CC)CC)cc4)cc3)nc2s1.CCCCc1ccc(N=Nc2ccc(N=Nc3ccc(N4CCCC4)cc3)cc2)cc1.CCCCc1ccc(N=Nc2ccc(N=Nc3ccc(OCCC)cc3)cc2)cc1. The van der Waals surface area contributed by atoms with Crippen LogP contribution in [0.5, 0.6) is 5.75 Å². The topological polar surface area (TPSA) is 177 Å². The number of unbranched alkanes of at least 4 members (excludes halogenated alkanes) is 3. The number of thiophene rings is 1. The number of azo groups is 6. The molecule has 0 saturated carbocycles. The molecule has 0 bridgehead atoms. The largest absolute Gasteiger partial charge is 0.494 e. The maximum atomic E-state index is 5.57. The number of benzene rings is 8. The summed E-state index contributed by atoms with van der Waals surface area (Å²) in [6.45, 7) is 18.0. The van der Waals surface area contributed by atoms with Gasteiger partial charge < -0.3 is 14.5 Å². The molecule has 1 aliphatic heterocycles. The molecule has 0 aliphatic carbocycles. The highest BCUT2D eigenvalue weighted by atomic mass is 32.1. The lowest BCUT2D eigenvalue weighted by Gasteiger charge is -2.20. The third-order valence-electron chi connectivity index (χ3n) is 15.2. The van der Waals surface area contributed by atoms with Crippen LogP contribution < -0.4 is 14.5 Å². The van der Waals surface area contributed by atoms with E-state index in [2.05, 4.69) is 172 Å². The van der Waals surface area contributed by atoms with E-state index < -0.39 is 0 Å². The van der Waals surface area contributed by atoms with E-state index in [1.807, 2.05) is 146 Å². The molecule has 0 N–H and O–H groups in total. The van der Waals surface area contributed by atoms with Crippen LogP contribution in [0.3, 0.4) is 0 Å². The molecule has 0 radical (unpaired) electrons. The second-order valence-corrected chi connectivity index (χ2v) is 24.6. The van der Waals surface area contributed by atoms with Gasteiger partial charge in [-0.1, -0.05) is 82.6 Å². The minimum Gasteiger partial charge on any atom is -0.494 e. The summed E-state index contributed by atoms with van der Waals surface area (Å²) >= 11 is 3.35. The van der Waals surface area contributed by atoms with Gasteiger partial charge >= 0.3 is 0 Å². The summed E-state index contributed by atoms with van der Waals surface area (Å²) in [4.78, 5) is 11.8. The van der Waals surface area contributed by atoms with Crippen LogP contribution in [0, 0.1) is 0 Å². The number of fused-ring (bicyclic) bond motifs is 1. The number of hydrogen-bond donors (Lipinski definition) is 0. The lowest BCUT2D eigenvalue weighted by atomic mass is 10.1. The van der Waals surface area contributed by atoms with E-state index in [0.29, 0.717) is 5.13 Å². The first-order valence-electron chi connectivity index (χ1n) is 33.1. The molecular weight excluding hydrogens is 1200 g/mol. The summed E-state index contributed by atoms with van der Waals surface area (Å²) in [5.41, 5.74) is 14.0. The Bertz CT molecular complexity index is 3890. The molecule has 11 rings (SSSR count). The van der Waals surface area contributed by atoms with Crippen molar-refractivity contribution in [3.63, 3.8) is 0 Å². The van der Waals surface area contributed by atoms with Gasteiger partial charge in [0.05, 0.1) is 73.9 Å². The van der Waals surface area contributed by atoms with Crippen molar-refractivity contribution in [2.75, 3.05) is 42.6 Å². The zero-order chi connectivity index (χ0) is 65.4. The average molecular weight is 1290 g/mol. The van der Waals surface area contributed by atoms with Gasteiger partial charge in [-0.25, -0.2) is 4.98 Å². The number of thiazole rings is 1. The van der Waals surface area contributed by atoms with Gasteiger partial charge in [0.2, 0.25) is 5.13 Å². The lowest BCUT2D eigenvalue weighted by Crippen LogP contribution is -2.21. The third-order valence-corrected chi connectivity index (χ3v) is 17.3. The Morgan fingerprint density at radius 2 is 0.723 bits per heavy atom. The van der Waals surface area contributed by atoms with Gasteiger partial charge in [-0.05, 0) is 259 Å². The highest BCUT2D eigenvalue weighted by Crippen LogP contribution is 2.36. The first-order valence-corrected chi connectivity index (χ1v) is 34.7. The molecule has 94 heavy (non-hydrogen) atoms. The Morgan fingerprint density at radius 3 is 1.09 bits per heavy atom. The smallest absolute Gasteiger partial charge is 0.231 e. The fraction of sp³-hybridized carbons (Fsp3) is 0.303. The molecule has 1 saturated heterocycles. The second-order valence-electron chi connectivity index (χ2n) is 22.5. The van der Waals surface area contributed by atoms with Gasteiger partial charge in [-0.3, -0.25) is 0 Å². The highest BCUT2D eigenvalue weighted by molar-refractivity contribution is 7.28. The highest BCUT2D eigenvalue weighted by Gasteiger charge is 2.12. The van der Waals surface area contributed by atoms with E-state index >= 15 is 0 Å². The molecule has 10 aromatic rings. The number of ether oxygens (including phenoxy) is 1. The van der Waals surface area contributed by atoms with Gasteiger partial charge in [-0.2, -0.15) is 51.1 Å². The second kappa shape index (κ2) is 37.8. The summed E-state index contributed by atoms with van der Waals surface area (Å²) in [6, 6.07) is 65.6. The van der Waals surface area contributed by atoms with Crippen molar-refractivity contribution in [2.24, 2.45) is 61.4 Å². The van der Waals surface area contributed by atoms with E-state index in [1.165, 1.54) is 83.4 Å². The number of nitrogens with zero attached hydrogens (tertiary/aromatic N) is 15. The van der Waals surface area contributed by atoms with Crippen molar-refractivity contribution < 1.29 is 4.74 Å². The Kier molecular flexibility index (Phi) is 27.6. The van der Waals surface area contributed by atoms with Crippen molar-refractivity contribution in [3.05, 3.63) is 216 Å². The molecule has 8 aromatic carbocycles. The van der Waals surface area contributed by atoms with Crippen molar-refractivity contribution >= 4 is 111 Å². The molecule has 16 nitrogen and oxygen atoms in total. The first kappa shape index (κ1) is 68.7. The molecular formula is C76H85N15OS2. The summed E-state index contributed by atoms with van der Waals surface area (Å²) in [5.74, 6) is 0.848. The molecule has 482 valence electrons. The summed E-state index contributed by atoms with van der Waals surface area (Å²) in [6.07, 6.45) is 14.2. The van der Waals surface area contributed by atoms with E-state index in [-0.39, 0.29) is 0 Å². The van der Waals surface area contributed by atoms with Crippen LogP contribution in [0.2, 0.25) is 0 Å². The lowest BCUT2D eigenvalue weighted by molar-refractivity contribution is 0.317. The van der Waals surface area contributed by atoms with Crippen molar-refractivity contribution in [1.29, 1.82) is 0 Å². The van der Waals surface area contributed by atoms with Crippen molar-refractivity contribution in [3.8, 4) is 5.75 Å². The Hall–Kier alpha value is -9.65. The molecule has 1 aliphatic rings. The fourth-order valence-electron chi connectivity index (χ4n) is 9.80. The molecule has 0 amide bonds. The average Bonchev–Trinajstić information content (AvgIpc) is 1.74. The monoisotopic (exact) mass is 1290 g/mol. The molecule has 0 unspecified atom stereocenters. The van der Waals surface area contributed by atoms with Gasteiger partial charge in [0, 0.05) is 42.4 Å². The van der Waals surface area contributed by atoms with Gasteiger partial charge in [0.15, 0.2) is 0 Å². The number of hydrogen-bond acceptors (Lipinski definition) is 18. The van der Waals surface area contributed by atoms with Crippen molar-refractivity contribution in [2.45, 2.75) is 119 Å². The molecule has 2 aromatic heterocycles. The van der Waals surface area contributed by atoms with Gasteiger partial charge in [-0.15, -0.1) is 21.6 Å². The van der Waals surface area contributed by atoms with Gasteiger partial charge in [0.25, 0.3) is 0 Å². The zero-order valence-electron chi connectivity index (χ0n) is 55.0. The zero-order valence-corrected chi connectivity index (χ0v) is 56.6. The first-order chi connectivity index (χ1) is 46.2. The van der Waals surface area contributed by atoms with E-state index in [0.717, 1.165) is 132 Å². The molecule has 18 heteroatoms. The minimum absolute atomic E-state index is 0.690. The molecule has 3 heterocycles. The Labute approximate surface area is 562 Å². The minimum atomic E-state index is 0.690. The van der Waals surface area contributed by atoms with E-state index in [9.17, 15) is 0 Å². The van der Waals surface area contributed by atoms with Crippen LogP contribution >= 0.6 is 22.7 Å². The van der Waals surface area contributed by atoms with Crippen LogP contribution in [-0.2, 0) is 19.3 Å². The van der Waals surface area contributed by atoms with Crippen LogP contribution in [-0.4, -0.2) is 37.8 Å². The fourth-order valence-corrected chi connectivity index (χ4v) is 11.9. The van der Waals surface area contributed by atoms with Crippen LogP contribution in [0.25, 0.3) is 9.53 Å². The normalized spacial score (nSPS) is 12.5. The molecule has 1 fully saturated rings. The maximum Gasteiger partial charge on any atom is 0.231 e. The molecule has 0 atom stereocenters. The number of aryl methyl sites for hydroxylation is 3. The van der Waals surface area contributed by atoms with E-state index in [1.54, 1.807) is 22.7 Å². The van der Waals surface area contributed by atoms with E-state index in [4.69, 9.17) is 4.74 Å². The van der Waals surface area contributed by atoms with Crippen LogP contribution in [0.15, 0.2) is 262 Å². The molecule has 0 spiro atoms.